The van der Waals surface area contributed by atoms with E-state index in [1.54, 1.807) is 30.3 Å². The van der Waals surface area contributed by atoms with Crippen molar-refractivity contribution in [1.29, 1.82) is 0 Å². The van der Waals surface area contributed by atoms with Gasteiger partial charge in [-0.25, -0.2) is 4.90 Å². The summed E-state index contributed by atoms with van der Waals surface area (Å²) < 4.78 is 44.6. The molecule has 4 rings (SSSR count). The van der Waals surface area contributed by atoms with Crippen molar-refractivity contribution in [2.75, 3.05) is 42.6 Å². The van der Waals surface area contributed by atoms with Crippen LogP contribution in [0.2, 0.25) is 0 Å². The van der Waals surface area contributed by atoms with Crippen LogP contribution in [0.5, 0.6) is 5.75 Å². The van der Waals surface area contributed by atoms with Gasteiger partial charge in [0.1, 0.15) is 5.75 Å². The second kappa shape index (κ2) is 9.43. The number of amides is 2. The monoisotopic (exact) mass is 461 g/mol. The summed E-state index contributed by atoms with van der Waals surface area (Å²) in [5, 5.41) is 0. The topological polar surface area (TPSA) is 53.1 Å². The van der Waals surface area contributed by atoms with Crippen LogP contribution in [0.25, 0.3) is 0 Å². The van der Waals surface area contributed by atoms with Crippen LogP contribution in [0.15, 0.2) is 48.5 Å². The SMILES string of the molecule is CCCOc1ccc(N2C(=O)C[C@@H](N3CCN(c4cccc(C(F)(F)F)c4)CC3)C2=O)cc1. The number of halogens is 3. The number of rotatable bonds is 6. The third-order valence-corrected chi connectivity index (χ3v) is 5.98. The Kier molecular flexibility index (Phi) is 6.60. The predicted octanol–water partition coefficient (Wildman–Crippen LogP) is 3.95. The second-order valence-corrected chi connectivity index (χ2v) is 8.20. The number of carbonyl (C=O) groups is 2. The molecule has 0 N–H and O–H groups in total. The van der Waals surface area contributed by atoms with E-state index in [-0.39, 0.29) is 18.2 Å². The summed E-state index contributed by atoms with van der Waals surface area (Å²) in [6.07, 6.45) is -3.41. The molecule has 0 saturated carbocycles. The van der Waals surface area contributed by atoms with Gasteiger partial charge in [-0.3, -0.25) is 14.5 Å². The summed E-state index contributed by atoms with van der Waals surface area (Å²) in [6.45, 7) is 4.52. The molecule has 2 fully saturated rings. The van der Waals surface area contributed by atoms with Crippen molar-refractivity contribution in [3.8, 4) is 5.75 Å². The molecule has 0 bridgehead atoms. The van der Waals surface area contributed by atoms with Crippen LogP contribution in [-0.2, 0) is 15.8 Å². The van der Waals surface area contributed by atoms with Crippen molar-refractivity contribution >= 4 is 23.2 Å². The fourth-order valence-electron chi connectivity index (χ4n) is 4.25. The number of anilines is 2. The zero-order chi connectivity index (χ0) is 23.6. The first kappa shape index (κ1) is 23.1. The van der Waals surface area contributed by atoms with E-state index >= 15 is 0 Å². The molecule has 2 saturated heterocycles. The Labute approximate surface area is 190 Å². The fourth-order valence-corrected chi connectivity index (χ4v) is 4.25. The molecule has 0 aliphatic carbocycles. The summed E-state index contributed by atoms with van der Waals surface area (Å²) in [6, 6.07) is 11.6. The van der Waals surface area contributed by atoms with Crippen molar-refractivity contribution in [1.82, 2.24) is 4.90 Å². The Balaban J connectivity index is 1.39. The molecule has 33 heavy (non-hydrogen) atoms. The number of alkyl halides is 3. The van der Waals surface area contributed by atoms with Crippen molar-refractivity contribution < 1.29 is 27.5 Å². The number of hydrogen-bond donors (Lipinski definition) is 0. The smallest absolute Gasteiger partial charge is 0.416 e. The molecule has 0 unspecified atom stereocenters. The molecule has 176 valence electrons. The Morgan fingerprint density at radius 1 is 0.970 bits per heavy atom. The van der Waals surface area contributed by atoms with Crippen LogP contribution in [0.3, 0.4) is 0 Å². The summed E-state index contributed by atoms with van der Waals surface area (Å²) in [5.41, 5.74) is 0.338. The molecule has 6 nitrogen and oxygen atoms in total. The molecule has 2 aromatic carbocycles. The molecule has 0 radical (unpaired) electrons. The van der Waals surface area contributed by atoms with Gasteiger partial charge in [0.2, 0.25) is 5.91 Å². The van der Waals surface area contributed by atoms with Gasteiger partial charge < -0.3 is 9.64 Å². The van der Waals surface area contributed by atoms with Gasteiger partial charge in [-0.15, -0.1) is 0 Å². The fraction of sp³-hybridized carbons (Fsp3) is 0.417. The molecule has 2 amide bonds. The first-order valence-corrected chi connectivity index (χ1v) is 11.0. The lowest BCUT2D eigenvalue weighted by Gasteiger charge is -2.38. The van der Waals surface area contributed by atoms with Gasteiger partial charge in [-0.05, 0) is 48.9 Å². The molecular weight excluding hydrogens is 435 g/mol. The minimum atomic E-state index is -4.39. The number of piperazine rings is 1. The van der Waals surface area contributed by atoms with Crippen molar-refractivity contribution in [2.24, 2.45) is 0 Å². The zero-order valence-corrected chi connectivity index (χ0v) is 18.3. The minimum absolute atomic E-state index is 0.0937. The number of hydrogen-bond acceptors (Lipinski definition) is 5. The Bertz CT molecular complexity index is 1000. The quantitative estimate of drug-likeness (QED) is 0.610. The van der Waals surface area contributed by atoms with Crippen LogP contribution in [0.4, 0.5) is 24.5 Å². The van der Waals surface area contributed by atoms with Gasteiger partial charge in [-0.2, -0.15) is 13.2 Å². The summed E-state index contributed by atoms with van der Waals surface area (Å²) in [4.78, 5) is 30.8. The summed E-state index contributed by atoms with van der Waals surface area (Å²) >= 11 is 0. The predicted molar refractivity (Wildman–Crippen MR) is 118 cm³/mol. The molecule has 2 aliphatic heterocycles. The van der Waals surface area contributed by atoms with Crippen LogP contribution in [-0.4, -0.2) is 55.5 Å². The van der Waals surface area contributed by atoms with E-state index < -0.39 is 17.8 Å². The standard InChI is InChI=1S/C24H26F3N3O3/c1-2-14-33-20-8-6-18(7-9-20)30-22(31)16-21(23(30)32)29-12-10-28(11-13-29)19-5-3-4-17(15-19)24(25,26)27/h3-9,15,21H,2,10-14,16H2,1H3/t21-/m1/s1. The average molecular weight is 461 g/mol. The van der Waals surface area contributed by atoms with Gasteiger partial charge in [0.15, 0.2) is 0 Å². The van der Waals surface area contributed by atoms with E-state index in [0.717, 1.165) is 18.6 Å². The molecule has 2 heterocycles. The van der Waals surface area contributed by atoms with E-state index in [0.29, 0.717) is 49.9 Å². The average Bonchev–Trinajstić information content (AvgIpc) is 3.11. The number of imide groups is 1. The number of carbonyl (C=O) groups excluding carboxylic acids is 2. The largest absolute Gasteiger partial charge is 0.494 e. The minimum Gasteiger partial charge on any atom is -0.494 e. The van der Waals surface area contributed by atoms with E-state index in [1.165, 1.54) is 11.0 Å². The number of nitrogens with zero attached hydrogens (tertiary/aromatic N) is 3. The maximum Gasteiger partial charge on any atom is 0.416 e. The number of benzene rings is 2. The first-order valence-electron chi connectivity index (χ1n) is 11.0. The Morgan fingerprint density at radius 2 is 1.67 bits per heavy atom. The van der Waals surface area contributed by atoms with Crippen molar-refractivity contribution in [2.45, 2.75) is 32.0 Å². The second-order valence-electron chi connectivity index (χ2n) is 8.20. The maximum atomic E-state index is 13.1. The van der Waals surface area contributed by atoms with Crippen molar-refractivity contribution in [3.63, 3.8) is 0 Å². The highest BCUT2D eigenvalue weighted by Crippen LogP contribution is 2.32. The van der Waals surface area contributed by atoms with Gasteiger partial charge in [0.05, 0.1) is 30.3 Å². The molecule has 1 atom stereocenters. The first-order chi connectivity index (χ1) is 15.8. The highest BCUT2D eigenvalue weighted by atomic mass is 19.4. The summed E-state index contributed by atoms with van der Waals surface area (Å²) in [7, 11) is 0. The lowest BCUT2D eigenvalue weighted by Crippen LogP contribution is -2.52. The zero-order valence-electron chi connectivity index (χ0n) is 18.3. The lowest BCUT2D eigenvalue weighted by molar-refractivity contribution is -0.137. The van der Waals surface area contributed by atoms with E-state index in [9.17, 15) is 22.8 Å². The third kappa shape index (κ3) is 4.98. The molecule has 9 heteroatoms. The molecule has 0 aromatic heterocycles. The molecular formula is C24H26F3N3O3. The maximum absolute atomic E-state index is 13.1. The Morgan fingerprint density at radius 3 is 2.30 bits per heavy atom. The van der Waals surface area contributed by atoms with Crippen LogP contribution in [0.1, 0.15) is 25.3 Å². The highest BCUT2D eigenvalue weighted by molar-refractivity contribution is 6.22. The normalized spacial score (nSPS) is 19.9. The van der Waals surface area contributed by atoms with Crippen LogP contribution in [0, 0.1) is 0 Å². The highest BCUT2D eigenvalue weighted by Gasteiger charge is 2.43. The van der Waals surface area contributed by atoms with Gasteiger partial charge >= 0.3 is 6.18 Å². The van der Waals surface area contributed by atoms with E-state index in [2.05, 4.69) is 0 Å². The number of ether oxygens (including phenoxy) is 1. The van der Waals surface area contributed by atoms with Crippen LogP contribution >= 0.6 is 0 Å². The van der Waals surface area contributed by atoms with Crippen LogP contribution < -0.4 is 14.5 Å². The van der Waals surface area contributed by atoms with E-state index in [1.807, 2.05) is 16.7 Å². The molecule has 2 aliphatic rings. The van der Waals surface area contributed by atoms with Gasteiger partial charge in [0, 0.05) is 31.9 Å². The third-order valence-electron chi connectivity index (χ3n) is 5.98. The van der Waals surface area contributed by atoms with Gasteiger partial charge in [0.25, 0.3) is 5.91 Å². The molecule has 0 spiro atoms. The van der Waals surface area contributed by atoms with E-state index in [4.69, 9.17) is 4.74 Å². The Hall–Kier alpha value is -3.07. The lowest BCUT2D eigenvalue weighted by atomic mass is 10.1. The molecule has 2 aromatic rings. The summed E-state index contributed by atoms with van der Waals surface area (Å²) in [5.74, 6) is 0.157. The van der Waals surface area contributed by atoms with Gasteiger partial charge in [-0.1, -0.05) is 13.0 Å². The van der Waals surface area contributed by atoms with Crippen molar-refractivity contribution in [3.05, 3.63) is 54.1 Å².